The zero-order chi connectivity index (χ0) is 17.0. The number of Topliss-reactive ketones (excluding diaryl/α,β-unsaturated/α-hetero) is 1. The van der Waals surface area contributed by atoms with Crippen molar-refractivity contribution in [2.24, 2.45) is 5.92 Å². The average molecular weight is 338 g/mol. The van der Waals surface area contributed by atoms with E-state index in [9.17, 15) is 9.59 Å². The molecule has 2 heterocycles. The number of carboxylic acids is 1. The van der Waals surface area contributed by atoms with Crippen molar-refractivity contribution in [1.82, 2.24) is 9.97 Å². The third-order valence-electron chi connectivity index (χ3n) is 3.38. The molecule has 0 spiro atoms. The lowest BCUT2D eigenvalue weighted by molar-refractivity contribution is -0.141. The third-order valence-corrected chi connectivity index (χ3v) is 4.42. The number of fused-ring (bicyclic) bond motifs is 1. The molecule has 7 nitrogen and oxygen atoms in total. The van der Waals surface area contributed by atoms with Crippen LogP contribution < -0.4 is 9.47 Å². The molecule has 0 saturated heterocycles. The summed E-state index contributed by atoms with van der Waals surface area (Å²) < 4.78 is 11.0. The van der Waals surface area contributed by atoms with E-state index < -0.39 is 11.9 Å². The van der Waals surface area contributed by atoms with Crippen LogP contribution in [-0.4, -0.2) is 41.0 Å². The molecular formula is C15H18N2O5S. The fourth-order valence-corrected chi connectivity index (χ4v) is 3.10. The van der Waals surface area contributed by atoms with Gasteiger partial charge in [-0.25, -0.2) is 4.98 Å². The van der Waals surface area contributed by atoms with E-state index in [1.165, 1.54) is 25.6 Å². The Morgan fingerprint density at radius 3 is 2.61 bits per heavy atom. The lowest BCUT2D eigenvalue weighted by atomic mass is 9.98. The summed E-state index contributed by atoms with van der Waals surface area (Å²) in [6.07, 6.45) is 1.11. The lowest BCUT2D eigenvalue weighted by Gasteiger charge is -2.08. The average Bonchev–Trinajstić information content (AvgIpc) is 2.95. The van der Waals surface area contributed by atoms with Gasteiger partial charge in [0.1, 0.15) is 0 Å². The second kappa shape index (κ2) is 7.36. The topological polar surface area (TPSA) is 98.6 Å². The molecule has 8 heteroatoms. The van der Waals surface area contributed by atoms with Gasteiger partial charge in [0.15, 0.2) is 22.2 Å². The number of carboxylic acid groups (broad SMARTS) is 1. The number of hydrogen-bond donors (Lipinski definition) is 1. The number of rotatable bonds is 8. The van der Waals surface area contributed by atoms with Crippen LogP contribution in [0.3, 0.4) is 0 Å². The molecule has 124 valence electrons. The van der Waals surface area contributed by atoms with Crippen molar-refractivity contribution in [2.45, 2.75) is 26.2 Å². The minimum absolute atomic E-state index is 0.0583. The maximum atomic E-state index is 12.3. The minimum atomic E-state index is -0.956. The molecule has 23 heavy (non-hydrogen) atoms. The zero-order valence-electron chi connectivity index (χ0n) is 13.2. The first-order chi connectivity index (χ1) is 11.0. The van der Waals surface area contributed by atoms with Crippen molar-refractivity contribution >= 4 is 33.4 Å². The predicted octanol–water partition coefficient (Wildman–Crippen LogP) is 2.78. The van der Waals surface area contributed by atoms with Crippen LogP contribution in [0.1, 0.15) is 36.0 Å². The number of carbonyl (C=O) groups is 2. The number of nitrogens with zero attached hydrogens (tertiary/aromatic N) is 2. The van der Waals surface area contributed by atoms with Crippen molar-refractivity contribution in [3.05, 3.63) is 11.1 Å². The van der Waals surface area contributed by atoms with Crippen molar-refractivity contribution in [3.63, 3.8) is 0 Å². The van der Waals surface area contributed by atoms with E-state index in [1.54, 1.807) is 6.07 Å². The van der Waals surface area contributed by atoms with E-state index in [0.717, 1.165) is 0 Å². The van der Waals surface area contributed by atoms with E-state index in [1.807, 2.05) is 6.92 Å². The molecule has 1 N–H and O–H groups in total. The molecule has 0 bridgehead atoms. The highest BCUT2D eigenvalue weighted by Gasteiger charge is 2.24. The first-order valence-corrected chi connectivity index (χ1v) is 7.97. The summed E-state index contributed by atoms with van der Waals surface area (Å²) in [6, 6.07) is 1.70. The molecule has 0 aromatic carbocycles. The van der Waals surface area contributed by atoms with E-state index in [2.05, 4.69) is 9.97 Å². The highest BCUT2D eigenvalue weighted by Crippen LogP contribution is 2.32. The molecule has 1 atom stereocenters. The van der Waals surface area contributed by atoms with Crippen LogP contribution in [0.4, 0.5) is 0 Å². The van der Waals surface area contributed by atoms with Crippen molar-refractivity contribution in [3.8, 4) is 11.6 Å². The van der Waals surface area contributed by atoms with Crippen LogP contribution in [0.25, 0.3) is 10.3 Å². The Labute approximate surface area is 137 Å². The third kappa shape index (κ3) is 3.76. The molecule has 0 saturated carbocycles. The number of ether oxygens (including phenoxy) is 2. The van der Waals surface area contributed by atoms with Crippen LogP contribution in [0.15, 0.2) is 6.07 Å². The number of methoxy groups -OCH3 is 2. The van der Waals surface area contributed by atoms with E-state index in [-0.39, 0.29) is 17.2 Å². The van der Waals surface area contributed by atoms with Gasteiger partial charge in [0, 0.05) is 12.5 Å². The van der Waals surface area contributed by atoms with Crippen LogP contribution in [0, 0.1) is 5.92 Å². The summed E-state index contributed by atoms with van der Waals surface area (Å²) in [5, 5.41) is 9.42. The van der Waals surface area contributed by atoms with Gasteiger partial charge in [0.2, 0.25) is 0 Å². The summed E-state index contributed by atoms with van der Waals surface area (Å²) in [5.41, 5.74) is 0.387. The summed E-state index contributed by atoms with van der Waals surface area (Å²) in [6.45, 7) is 1.89. The van der Waals surface area contributed by atoms with Gasteiger partial charge >= 0.3 is 5.97 Å². The standard InChI is InChI=1S/C15H18N2O5S/c1-4-5-8(15(19)20)6-9(18)14-17-12-11(23-14)7-10(21-2)13(16-12)22-3/h7-8H,4-6H2,1-3H3,(H,19,20)/t8-/m1/s1. The van der Waals surface area contributed by atoms with Crippen LogP contribution in [0.5, 0.6) is 11.6 Å². The van der Waals surface area contributed by atoms with Gasteiger partial charge in [-0.1, -0.05) is 13.3 Å². The van der Waals surface area contributed by atoms with Gasteiger partial charge < -0.3 is 14.6 Å². The Bertz CT molecular complexity index is 687. The Balaban J connectivity index is 2.29. The summed E-state index contributed by atoms with van der Waals surface area (Å²) >= 11 is 1.17. The van der Waals surface area contributed by atoms with Crippen LogP contribution in [0.2, 0.25) is 0 Å². The monoisotopic (exact) mass is 338 g/mol. The summed E-state index contributed by atoms with van der Waals surface area (Å²) in [7, 11) is 2.97. The minimum Gasteiger partial charge on any atom is -0.491 e. The van der Waals surface area contributed by atoms with Crippen molar-refractivity contribution in [1.29, 1.82) is 0 Å². The van der Waals surface area contributed by atoms with Gasteiger partial charge in [0.25, 0.3) is 5.88 Å². The Hall–Kier alpha value is -2.22. The van der Waals surface area contributed by atoms with Gasteiger partial charge in [-0.05, 0) is 6.42 Å². The maximum absolute atomic E-state index is 12.3. The van der Waals surface area contributed by atoms with Crippen molar-refractivity contribution in [2.75, 3.05) is 14.2 Å². The zero-order valence-corrected chi connectivity index (χ0v) is 14.0. The number of aliphatic carboxylic acids is 1. The van der Waals surface area contributed by atoms with Gasteiger partial charge in [-0.15, -0.1) is 11.3 Å². The molecule has 0 amide bonds. The Morgan fingerprint density at radius 1 is 1.30 bits per heavy atom. The fourth-order valence-electron chi connectivity index (χ4n) is 2.21. The number of carbonyl (C=O) groups excluding carboxylic acids is 1. The van der Waals surface area contributed by atoms with Crippen LogP contribution in [-0.2, 0) is 4.79 Å². The second-order valence-corrected chi connectivity index (χ2v) is 6.02. The van der Waals surface area contributed by atoms with Gasteiger partial charge in [-0.2, -0.15) is 4.98 Å². The number of ketones is 1. The molecular weight excluding hydrogens is 320 g/mol. The summed E-state index contributed by atoms with van der Waals surface area (Å²) in [4.78, 5) is 31.9. The number of hydrogen-bond acceptors (Lipinski definition) is 7. The predicted molar refractivity (Wildman–Crippen MR) is 85.5 cm³/mol. The highest BCUT2D eigenvalue weighted by molar-refractivity contribution is 7.20. The normalized spacial score (nSPS) is 12.1. The van der Waals surface area contributed by atoms with E-state index in [4.69, 9.17) is 14.6 Å². The van der Waals surface area contributed by atoms with Gasteiger partial charge in [-0.3, -0.25) is 9.59 Å². The Morgan fingerprint density at radius 2 is 2.04 bits per heavy atom. The molecule has 0 unspecified atom stereocenters. The first kappa shape index (κ1) is 17.1. The molecule has 2 aromatic heterocycles. The molecule has 0 aliphatic rings. The Kier molecular flexibility index (Phi) is 5.49. The number of thiazole rings is 1. The van der Waals surface area contributed by atoms with E-state index in [0.29, 0.717) is 34.8 Å². The van der Waals surface area contributed by atoms with Crippen LogP contribution >= 0.6 is 11.3 Å². The lowest BCUT2D eigenvalue weighted by Crippen LogP contribution is -2.17. The summed E-state index contributed by atoms with van der Waals surface area (Å²) in [5.74, 6) is -1.18. The molecule has 0 radical (unpaired) electrons. The van der Waals surface area contributed by atoms with Crippen molar-refractivity contribution < 1.29 is 24.2 Å². The fraction of sp³-hybridized carbons (Fsp3) is 0.467. The smallest absolute Gasteiger partial charge is 0.306 e. The second-order valence-electron chi connectivity index (χ2n) is 4.99. The molecule has 2 rings (SSSR count). The highest BCUT2D eigenvalue weighted by atomic mass is 32.1. The molecule has 0 aliphatic heterocycles. The number of pyridine rings is 1. The quantitative estimate of drug-likeness (QED) is 0.739. The van der Waals surface area contributed by atoms with Gasteiger partial charge in [0.05, 0.1) is 24.8 Å². The number of aromatic nitrogens is 2. The van der Waals surface area contributed by atoms with E-state index >= 15 is 0 Å². The molecule has 0 aliphatic carbocycles. The maximum Gasteiger partial charge on any atom is 0.306 e. The largest absolute Gasteiger partial charge is 0.491 e. The SMILES string of the molecule is CCC[C@H](CC(=O)c1nc2nc(OC)c(OC)cc2s1)C(=O)O. The molecule has 0 fully saturated rings. The molecule has 2 aromatic rings. The first-order valence-electron chi connectivity index (χ1n) is 7.15.